The third kappa shape index (κ3) is 6.54. The number of hydrogen-bond donors (Lipinski definition) is 0. The summed E-state index contributed by atoms with van der Waals surface area (Å²) in [6.45, 7) is 11.3. The van der Waals surface area contributed by atoms with Crippen molar-refractivity contribution >= 4 is 12.1 Å². The smallest absolute Gasteiger partial charge is 0.410 e. The van der Waals surface area contributed by atoms with E-state index >= 15 is 0 Å². The van der Waals surface area contributed by atoms with Crippen molar-refractivity contribution in [3.05, 3.63) is 35.9 Å². The fraction of sp³-hybridized carbons (Fsp3) is 0.619. The van der Waals surface area contributed by atoms with Crippen LogP contribution in [0.1, 0.15) is 46.6 Å². The second kappa shape index (κ2) is 9.22. The predicted molar refractivity (Wildman–Crippen MR) is 104 cm³/mol. The topological polar surface area (TPSA) is 59.1 Å². The van der Waals surface area contributed by atoms with Crippen molar-refractivity contribution in [3.63, 3.8) is 0 Å². The van der Waals surface area contributed by atoms with E-state index in [9.17, 15) is 9.59 Å². The molecule has 1 aliphatic heterocycles. The molecular weight excluding hydrogens is 344 g/mol. The zero-order valence-electron chi connectivity index (χ0n) is 17.1. The Bertz CT molecular complexity index is 627. The zero-order chi connectivity index (χ0) is 20.0. The van der Waals surface area contributed by atoms with E-state index in [2.05, 4.69) is 11.8 Å². The van der Waals surface area contributed by atoms with Crippen molar-refractivity contribution in [3.8, 4) is 0 Å². The first-order valence-corrected chi connectivity index (χ1v) is 9.62. The number of carbonyl (C=O) groups excluding carboxylic acids is 2. The van der Waals surface area contributed by atoms with Crippen molar-refractivity contribution in [2.24, 2.45) is 0 Å². The van der Waals surface area contributed by atoms with Gasteiger partial charge in [0.1, 0.15) is 12.2 Å². The fourth-order valence-electron chi connectivity index (χ4n) is 3.21. The summed E-state index contributed by atoms with van der Waals surface area (Å²) in [5.41, 5.74) is 0.456. The molecule has 1 aromatic rings. The number of esters is 1. The van der Waals surface area contributed by atoms with E-state index < -0.39 is 5.60 Å². The molecule has 0 radical (unpaired) electrons. The molecule has 6 heteroatoms. The third-order valence-electron chi connectivity index (χ3n) is 4.63. The summed E-state index contributed by atoms with van der Waals surface area (Å²) >= 11 is 0. The maximum absolute atomic E-state index is 12.5. The molecular formula is C21H32N2O4. The Balaban J connectivity index is 1.90. The van der Waals surface area contributed by atoms with Crippen LogP contribution in [-0.2, 0) is 20.9 Å². The summed E-state index contributed by atoms with van der Waals surface area (Å²) in [6.07, 6.45) is 0.553. The molecule has 0 unspecified atom stereocenters. The van der Waals surface area contributed by atoms with E-state index in [0.29, 0.717) is 13.1 Å². The molecule has 1 aliphatic rings. The third-order valence-corrected chi connectivity index (χ3v) is 4.63. The molecule has 0 aromatic heterocycles. The Morgan fingerprint density at radius 2 is 1.81 bits per heavy atom. The minimum Gasteiger partial charge on any atom is -0.460 e. The normalized spacial score (nSPS) is 21.0. The highest BCUT2D eigenvalue weighted by Crippen LogP contribution is 2.20. The number of rotatable bonds is 5. The molecule has 2 atom stereocenters. The highest BCUT2D eigenvalue weighted by Gasteiger charge is 2.36. The van der Waals surface area contributed by atoms with Crippen molar-refractivity contribution in [1.82, 2.24) is 9.80 Å². The van der Waals surface area contributed by atoms with Crippen LogP contribution in [0, 0.1) is 0 Å². The van der Waals surface area contributed by atoms with E-state index in [1.54, 1.807) is 4.90 Å². The van der Waals surface area contributed by atoms with Gasteiger partial charge in [0.2, 0.25) is 0 Å². The average Bonchev–Trinajstić information content (AvgIpc) is 2.59. The van der Waals surface area contributed by atoms with Gasteiger partial charge in [0, 0.05) is 25.2 Å². The Kier molecular flexibility index (Phi) is 7.25. The summed E-state index contributed by atoms with van der Waals surface area (Å²) in [4.78, 5) is 28.6. The highest BCUT2D eigenvalue weighted by atomic mass is 16.6. The lowest BCUT2D eigenvalue weighted by molar-refractivity contribution is -0.147. The van der Waals surface area contributed by atoms with Crippen molar-refractivity contribution < 1.29 is 19.1 Å². The van der Waals surface area contributed by atoms with Crippen LogP contribution in [0.5, 0.6) is 0 Å². The Hall–Kier alpha value is -2.08. The van der Waals surface area contributed by atoms with Gasteiger partial charge in [-0.25, -0.2) is 4.79 Å². The van der Waals surface area contributed by atoms with Gasteiger partial charge in [-0.3, -0.25) is 9.69 Å². The maximum atomic E-state index is 12.5. The first-order chi connectivity index (χ1) is 12.7. The molecule has 0 saturated carbocycles. The van der Waals surface area contributed by atoms with Crippen LogP contribution in [0.2, 0.25) is 0 Å². The maximum Gasteiger partial charge on any atom is 0.410 e. The van der Waals surface area contributed by atoms with Crippen LogP contribution in [0.4, 0.5) is 4.79 Å². The number of ether oxygens (including phenoxy) is 2. The lowest BCUT2D eigenvalue weighted by Crippen LogP contribution is -2.60. The minimum absolute atomic E-state index is 0.0235. The van der Waals surface area contributed by atoms with E-state index in [1.165, 1.54) is 0 Å². The van der Waals surface area contributed by atoms with Gasteiger partial charge in [-0.05, 0) is 39.7 Å². The Labute approximate surface area is 162 Å². The quantitative estimate of drug-likeness (QED) is 0.737. The largest absolute Gasteiger partial charge is 0.460 e. The minimum atomic E-state index is -0.517. The lowest BCUT2D eigenvalue weighted by atomic mass is 10.1. The summed E-state index contributed by atoms with van der Waals surface area (Å²) in [6, 6.07) is 9.74. The molecule has 27 heavy (non-hydrogen) atoms. The summed E-state index contributed by atoms with van der Waals surface area (Å²) < 4.78 is 10.9. The Morgan fingerprint density at radius 1 is 1.15 bits per heavy atom. The number of piperazine rings is 1. The molecule has 0 bridgehead atoms. The van der Waals surface area contributed by atoms with Crippen LogP contribution in [0.15, 0.2) is 30.3 Å². The molecule has 0 spiro atoms. The van der Waals surface area contributed by atoms with Crippen molar-refractivity contribution in [2.45, 2.75) is 65.3 Å². The molecule has 1 fully saturated rings. The van der Waals surface area contributed by atoms with Gasteiger partial charge < -0.3 is 14.4 Å². The van der Waals surface area contributed by atoms with Crippen LogP contribution >= 0.6 is 0 Å². The molecule has 1 saturated heterocycles. The van der Waals surface area contributed by atoms with Gasteiger partial charge in [-0.2, -0.15) is 0 Å². The summed E-state index contributed by atoms with van der Waals surface area (Å²) in [5.74, 6) is -0.241. The zero-order valence-corrected chi connectivity index (χ0v) is 17.1. The first-order valence-electron chi connectivity index (χ1n) is 9.62. The molecule has 1 amide bonds. The van der Waals surface area contributed by atoms with Crippen molar-refractivity contribution in [2.75, 3.05) is 19.6 Å². The van der Waals surface area contributed by atoms with E-state index in [1.807, 2.05) is 58.0 Å². The second-order valence-corrected chi connectivity index (χ2v) is 8.12. The molecule has 1 aromatic carbocycles. The lowest BCUT2D eigenvalue weighted by Gasteiger charge is -2.44. The number of benzene rings is 1. The van der Waals surface area contributed by atoms with E-state index in [-0.39, 0.29) is 37.3 Å². The fourth-order valence-corrected chi connectivity index (χ4v) is 3.21. The van der Waals surface area contributed by atoms with Crippen LogP contribution < -0.4 is 0 Å². The van der Waals surface area contributed by atoms with Gasteiger partial charge in [-0.15, -0.1) is 0 Å². The van der Waals surface area contributed by atoms with E-state index in [4.69, 9.17) is 9.47 Å². The average molecular weight is 376 g/mol. The monoisotopic (exact) mass is 376 g/mol. The van der Waals surface area contributed by atoms with Gasteiger partial charge >= 0.3 is 12.1 Å². The molecule has 0 aliphatic carbocycles. The van der Waals surface area contributed by atoms with Crippen molar-refractivity contribution in [1.29, 1.82) is 0 Å². The molecule has 6 nitrogen and oxygen atoms in total. The standard InChI is InChI=1S/C21H32N2O4/c1-6-18-13-23(20(25)27-21(3,4)5)16(2)12-22(18)14-19(24)26-15-17-10-8-7-9-11-17/h7-11,16,18H,6,12-15H2,1-5H3/t16-,18+/m1/s1. The number of amides is 1. The molecule has 1 heterocycles. The predicted octanol–water partition coefficient (Wildman–Crippen LogP) is 3.45. The molecule has 150 valence electrons. The number of hydrogen-bond acceptors (Lipinski definition) is 5. The number of carbonyl (C=O) groups is 2. The molecule has 0 N–H and O–H groups in total. The SMILES string of the molecule is CC[C@H]1CN(C(=O)OC(C)(C)C)[C@H](C)CN1CC(=O)OCc1ccccc1. The van der Waals surface area contributed by atoms with Crippen LogP contribution in [0.3, 0.4) is 0 Å². The molecule has 2 rings (SSSR count). The van der Waals surface area contributed by atoms with Crippen LogP contribution in [-0.4, -0.2) is 59.2 Å². The first kappa shape index (κ1) is 21.2. The van der Waals surface area contributed by atoms with Gasteiger partial charge in [-0.1, -0.05) is 37.3 Å². The highest BCUT2D eigenvalue weighted by molar-refractivity contribution is 5.72. The number of nitrogens with zero attached hydrogens (tertiary/aromatic N) is 2. The summed E-state index contributed by atoms with van der Waals surface area (Å²) in [7, 11) is 0. The van der Waals surface area contributed by atoms with E-state index in [0.717, 1.165) is 12.0 Å². The Morgan fingerprint density at radius 3 is 2.41 bits per heavy atom. The van der Waals surface area contributed by atoms with Gasteiger partial charge in [0.05, 0.1) is 6.54 Å². The summed E-state index contributed by atoms with van der Waals surface area (Å²) in [5, 5.41) is 0. The van der Waals surface area contributed by atoms with Gasteiger partial charge in [0.25, 0.3) is 0 Å². The van der Waals surface area contributed by atoms with Gasteiger partial charge in [0.15, 0.2) is 0 Å². The van der Waals surface area contributed by atoms with Crippen LogP contribution in [0.25, 0.3) is 0 Å². The second-order valence-electron chi connectivity index (χ2n) is 8.12.